The number of nitrogens with zero attached hydrogens (tertiary/aromatic N) is 1. The topological polar surface area (TPSA) is 55.8 Å². The van der Waals surface area contributed by atoms with Gasteiger partial charge in [-0.15, -0.1) is 0 Å². The van der Waals surface area contributed by atoms with Crippen LogP contribution < -0.4 is 0 Å². The summed E-state index contributed by atoms with van der Waals surface area (Å²) in [5, 5.41) is 0. The van der Waals surface area contributed by atoms with Crippen LogP contribution in [0, 0.1) is 11.8 Å². The highest BCUT2D eigenvalue weighted by Crippen LogP contribution is 2.31. The summed E-state index contributed by atoms with van der Waals surface area (Å²) in [6, 6.07) is 0. The van der Waals surface area contributed by atoms with E-state index < -0.39 is 5.60 Å². The van der Waals surface area contributed by atoms with Gasteiger partial charge in [0.25, 0.3) is 0 Å². The molecule has 1 aliphatic carbocycles. The average molecular weight is 339 g/mol. The molecule has 0 N–H and O–H groups in total. The average Bonchev–Trinajstić information content (AvgIpc) is 2.50. The Labute approximate surface area is 146 Å². The SMILES string of the molecule is CCOC(=O)C=CC1CCC(CCN(C)C(=O)OC(C)(C)C)CC1. The van der Waals surface area contributed by atoms with Crippen LogP contribution in [0.4, 0.5) is 4.79 Å². The van der Waals surface area contributed by atoms with Crippen molar-refractivity contribution in [2.24, 2.45) is 11.8 Å². The molecule has 0 aromatic carbocycles. The molecule has 5 nitrogen and oxygen atoms in total. The van der Waals surface area contributed by atoms with Crippen molar-refractivity contribution in [2.75, 3.05) is 20.2 Å². The number of amides is 1. The van der Waals surface area contributed by atoms with Gasteiger partial charge in [-0.25, -0.2) is 9.59 Å². The minimum absolute atomic E-state index is 0.251. The zero-order chi connectivity index (χ0) is 18.2. The molecule has 138 valence electrons. The monoisotopic (exact) mass is 339 g/mol. The Hall–Kier alpha value is -1.52. The highest BCUT2D eigenvalue weighted by Gasteiger charge is 2.23. The molecule has 0 unspecified atom stereocenters. The maximum atomic E-state index is 11.9. The van der Waals surface area contributed by atoms with Crippen LogP contribution in [-0.2, 0) is 14.3 Å². The number of esters is 1. The molecule has 0 aliphatic heterocycles. The van der Waals surface area contributed by atoms with Crippen LogP contribution in [0.15, 0.2) is 12.2 Å². The summed E-state index contributed by atoms with van der Waals surface area (Å²) in [5.74, 6) is 0.856. The first-order chi connectivity index (χ1) is 11.2. The van der Waals surface area contributed by atoms with Gasteiger partial charge in [-0.3, -0.25) is 0 Å². The summed E-state index contributed by atoms with van der Waals surface area (Å²) in [5.41, 5.74) is -0.450. The number of ether oxygens (including phenoxy) is 2. The summed E-state index contributed by atoms with van der Waals surface area (Å²) >= 11 is 0. The van der Waals surface area contributed by atoms with Gasteiger partial charge in [0, 0.05) is 19.7 Å². The van der Waals surface area contributed by atoms with Crippen molar-refractivity contribution in [3.05, 3.63) is 12.2 Å². The van der Waals surface area contributed by atoms with Gasteiger partial charge in [0.05, 0.1) is 6.61 Å². The number of rotatable bonds is 6. The van der Waals surface area contributed by atoms with Crippen molar-refractivity contribution in [2.45, 2.75) is 65.4 Å². The summed E-state index contributed by atoms with van der Waals surface area (Å²) in [4.78, 5) is 24.9. The Kier molecular flexibility index (Phi) is 8.29. The van der Waals surface area contributed by atoms with Gasteiger partial charge >= 0.3 is 12.1 Å². The van der Waals surface area contributed by atoms with Gasteiger partial charge in [0.15, 0.2) is 0 Å². The van der Waals surface area contributed by atoms with Crippen LogP contribution in [0.25, 0.3) is 0 Å². The van der Waals surface area contributed by atoms with E-state index in [0.717, 1.165) is 38.6 Å². The molecule has 1 fully saturated rings. The fraction of sp³-hybridized carbons (Fsp3) is 0.789. The Morgan fingerprint density at radius 2 is 1.79 bits per heavy atom. The molecule has 0 heterocycles. The third-order valence-electron chi connectivity index (χ3n) is 4.26. The first-order valence-corrected chi connectivity index (χ1v) is 9.00. The van der Waals surface area contributed by atoms with Crippen LogP contribution in [0.5, 0.6) is 0 Å². The first kappa shape index (κ1) is 20.5. The molecule has 0 bridgehead atoms. The Balaban J connectivity index is 2.26. The quantitative estimate of drug-likeness (QED) is 0.538. The van der Waals surface area contributed by atoms with Crippen LogP contribution in [0.2, 0.25) is 0 Å². The van der Waals surface area contributed by atoms with Crippen molar-refractivity contribution in [1.82, 2.24) is 4.90 Å². The third-order valence-corrected chi connectivity index (χ3v) is 4.26. The van der Waals surface area contributed by atoms with E-state index in [-0.39, 0.29) is 12.1 Å². The normalized spacial score (nSPS) is 21.5. The zero-order valence-electron chi connectivity index (χ0n) is 15.8. The summed E-state index contributed by atoms with van der Waals surface area (Å²) in [7, 11) is 1.79. The number of hydrogen-bond acceptors (Lipinski definition) is 4. The third kappa shape index (κ3) is 8.37. The van der Waals surface area contributed by atoms with E-state index in [1.54, 1.807) is 18.0 Å². The molecular weight excluding hydrogens is 306 g/mol. The van der Waals surface area contributed by atoms with Crippen LogP contribution in [0.3, 0.4) is 0 Å². The maximum absolute atomic E-state index is 11.9. The van der Waals surface area contributed by atoms with E-state index in [0.29, 0.717) is 18.4 Å². The molecule has 24 heavy (non-hydrogen) atoms. The molecule has 0 radical (unpaired) electrons. The Morgan fingerprint density at radius 1 is 1.17 bits per heavy atom. The first-order valence-electron chi connectivity index (χ1n) is 9.00. The summed E-state index contributed by atoms with van der Waals surface area (Å²) < 4.78 is 10.3. The second-order valence-corrected chi connectivity index (χ2v) is 7.58. The number of carbonyl (C=O) groups is 2. The van der Waals surface area contributed by atoms with Gasteiger partial charge in [0.2, 0.25) is 0 Å². The van der Waals surface area contributed by atoms with E-state index >= 15 is 0 Å². The molecule has 0 spiro atoms. The molecule has 1 rings (SSSR count). The highest BCUT2D eigenvalue weighted by molar-refractivity contribution is 5.81. The molecule has 0 saturated heterocycles. The van der Waals surface area contributed by atoms with E-state index in [4.69, 9.17) is 9.47 Å². The lowest BCUT2D eigenvalue weighted by Crippen LogP contribution is -2.35. The minimum atomic E-state index is -0.450. The van der Waals surface area contributed by atoms with Gasteiger partial charge in [0.1, 0.15) is 5.60 Å². The highest BCUT2D eigenvalue weighted by atomic mass is 16.6. The number of carbonyl (C=O) groups excluding carboxylic acids is 2. The maximum Gasteiger partial charge on any atom is 0.410 e. The van der Waals surface area contributed by atoms with Crippen molar-refractivity contribution in [3.8, 4) is 0 Å². The Bertz CT molecular complexity index is 431. The number of hydrogen-bond donors (Lipinski definition) is 0. The minimum Gasteiger partial charge on any atom is -0.463 e. The predicted octanol–water partition coefficient (Wildman–Crippen LogP) is 4.17. The van der Waals surface area contributed by atoms with E-state index in [1.807, 2.05) is 33.8 Å². The Morgan fingerprint density at radius 3 is 2.33 bits per heavy atom. The lowest BCUT2D eigenvalue weighted by molar-refractivity contribution is -0.137. The van der Waals surface area contributed by atoms with Crippen LogP contribution in [0.1, 0.15) is 59.8 Å². The van der Waals surface area contributed by atoms with Crippen molar-refractivity contribution >= 4 is 12.1 Å². The van der Waals surface area contributed by atoms with Gasteiger partial charge in [-0.2, -0.15) is 0 Å². The van der Waals surface area contributed by atoms with E-state index in [1.165, 1.54) is 0 Å². The predicted molar refractivity (Wildman–Crippen MR) is 94.7 cm³/mol. The molecule has 0 aromatic heterocycles. The molecule has 0 aromatic rings. The lowest BCUT2D eigenvalue weighted by Gasteiger charge is -2.29. The van der Waals surface area contributed by atoms with Crippen LogP contribution >= 0.6 is 0 Å². The number of allylic oxidation sites excluding steroid dienone is 1. The summed E-state index contributed by atoms with van der Waals surface area (Å²) in [6.07, 6.45) is 8.76. The fourth-order valence-electron chi connectivity index (χ4n) is 2.88. The molecule has 1 amide bonds. The van der Waals surface area contributed by atoms with Gasteiger partial charge < -0.3 is 14.4 Å². The van der Waals surface area contributed by atoms with Crippen molar-refractivity contribution in [1.29, 1.82) is 0 Å². The van der Waals surface area contributed by atoms with E-state index in [2.05, 4.69) is 0 Å². The van der Waals surface area contributed by atoms with Crippen molar-refractivity contribution < 1.29 is 19.1 Å². The standard InChI is InChI=1S/C19H33NO4/c1-6-23-17(21)12-11-15-7-9-16(10-8-15)13-14-20(5)18(22)24-19(2,3)4/h11-12,15-16H,6-10,13-14H2,1-5H3. The molecular formula is C19H33NO4. The molecule has 1 saturated carbocycles. The second kappa shape index (κ2) is 9.70. The van der Waals surface area contributed by atoms with Crippen molar-refractivity contribution in [3.63, 3.8) is 0 Å². The zero-order valence-corrected chi connectivity index (χ0v) is 15.8. The van der Waals surface area contributed by atoms with Gasteiger partial charge in [-0.05, 0) is 71.6 Å². The fourth-order valence-corrected chi connectivity index (χ4v) is 2.88. The van der Waals surface area contributed by atoms with E-state index in [9.17, 15) is 9.59 Å². The lowest BCUT2D eigenvalue weighted by atomic mass is 9.80. The second-order valence-electron chi connectivity index (χ2n) is 7.58. The molecule has 5 heteroatoms. The van der Waals surface area contributed by atoms with Crippen LogP contribution in [-0.4, -0.2) is 42.8 Å². The smallest absolute Gasteiger partial charge is 0.410 e. The summed E-state index contributed by atoms with van der Waals surface area (Å²) in [6.45, 7) is 8.59. The largest absolute Gasteiger partial charge is 0.463 e. The molecule has 1 aliphatic rings. The molecule has 0 atom stereocenters. The van der Waals surface area contributed by atoms with Gasteiger partial charge in [-0.1, -0.05) is 6.08 Å².